The molecule has 0 N–H and O–H groups in total. The number of rotatable bonds is 3. The molecule has 1 aliphatic rings. The van der Waals surface area contributed by atoms with Gasteiger partial charge in [0.1, 0.15) is 5.88 Å². The molecule has 90 valence electrons. The van der Waals surface area contributed by atoms with E-state index in [1.54, 1.807) is 7.11 Å². The molecular formula is C10H16ClN3O2. The summed E-state index contributed by atoms with van der Waals surface area (Å²) >= 11 is 5.62. The van der Waals surface area contributed by atoms with Crippen LogP contribution >= 0.6 is 11.6 Å². The van der Waals surface area contributed by atoms with E-state index in [2.05, 4.69) is 22.0 Å². The third-order valence-corrected chi connectivity index (χ3v) is 3.22. The quantitative estimate of drug-likeness (QED) is 0.761. The normalized spacial score (nSPS) is 26.1. The Morgan fingerprint density at radius 2 is 2.38 bits per heavy atom. The van der Waals surface area contributed by atoms with Gasteiger partial charge in [0.2, 0.25) is 5.89 Å². The number of hydrogen-bond donors (Lipinski definition) is 0. The van der Waals surface area contributed by atoms with Gasteiger partial charge in [-0.2, -0.15) is 0 Å². The van der Waals surface area contributed by atoms with Gasteiger partial charge in [0.15, 0.2) is 0 Å². The molecule has 1 fully saturated rings. The molecule has 1 atom stereocenters. The summed E-state index contributed by atoms with van der Waals surface area (Å²) in [5.41, 5.74) is -0.131. The highest BCUT2D eigenvalue weighted by Gasteiger charge is 2.32. The van der Waals surface area contributed by atoms with Gasteiger partial charge >= 0.3 is 6.01 Å². The Kier molecular flexibility index (Phi) is 3.35. The van der Waals surface area contributed by atoms with Crippen molar-refractivity contribution in [3.63, 3.8) is 0 Å². The molecule has 1 aromatic heterocycles. The van der Waals surface area contributed by atoms with Crippen LogP contribution in [0.1, 0.15) is 25.7 Å². The molecule has 0 bridgehead atoms. The molecule has 0 radical (unpaired) electrons. The fourth-order valence-corrected chi connectivity index (χ4v) is 2.07. The molecule has 1 saturated heterocycles. The van der Waals surface area contributed by atoms with Crippen LogP contribution in [0.25, 0.3) is 0 Å². The van der Waals surface area contributed by atoms with Gasteiger partial charge < -0.3 is 14.1 Å². The van der Waals surface area contributed by atoms with E-state index in [4.69, 9.17) is 20.8 Å². The van der Waals surface area contributed by atoms with Crippen LogP contribution in [-0.4, -0.2) is 36.0 Å². The minimum Gasteiger partial charge on any atom is -0.407 e. The van der Waals surface area contributed by atoms with E-state index in [-0.39, 0.29) is 11.5 Å². The number of nitrogens with zero attached hydrogens (tertiary/aromatic N) is 3. The molecule has 1 aromatic rings. The number of halogens is 1. The molecule has 0 spiro atoms. The van der Waals surface area contributed by atoms with Crippen molar-refractivity contribution in [1.82, 2.24) is 10.2 Å². The Hall–Kier alpha value is -0.810. The van der Waals surface area contributed by atoms with Gasteiger partial charge in [-0.1, -0.05) is 5.10 Å². The maximum absolute atomic E-state index is 5.62. The van der Waals surface area contributed by atoms with Crippen LogP contribution in [0.2, 0.25) is 0 Å². The van der Waals surface area contributed by atoms with Crippen LogP contribution in [-0.2, 0) is 10.6 Å². The molecule has 2 rings (SSSR count). The average Bonchev–Trinajstić information content (AvgIpc) is 2.78. The molecule has 1 aliphatic heterocycles. The molecule has 0 amide bonds. The van der Waals surface area contributed by atoms with Crippen LogP contribution in [0.15, 0.2) is 4.42 Å². The van der Waals surface area contributed by atoms with Crippen molar-refractivity contribution in [2.24, 2.45) is 0 Å². The minimum absolute atomic E-state index is 0.131. The minimum atomic E-state index is -0.131. The summed E-state index contributed by atoms with van der Waals surface area (Å²) in [7, 11) is 1.74. The molecule has 5 nitrogen and oxygen atoms in total. The second kappa shape index (κ2) is 4.59. The van der Waals surface area contributed by atoms with Crippen LogP contribution < -0.4 is 4.90 Å². The Labute approximate surface area is 99.7 Å². The highest BCUT2D eigenvalue weighted by molar-refractivity contribution is 6.16. The molecule has 6 heteroatoms. The lowest BCUT2D eigenvalue weighted by Crippen LogP contribution is -2.47. The molecule has 1 unspecified atom stereocenters. The first-order valence-corrected chi connectivity index (χ1v) is 5.89. The van der Waals surface area contributed by atoms with Crippen LogP contribution in [0, 0.1) is 0 Å². The lowest BCUT2D eigenvalue weighted by atomic mass is 9.95. The third-order valence-electron chi connectivity index (χ3n) is 2.99. The van der Waals surface area contributed by atoms with Crippen molar-refractivity contribution in [2.75, 3.05) is 25.1 Å². The van der Waals surface area contributed by atoms with Crippen molar-refractivity contribution in [3.05, 3.63) is 5.89 Å². The smallest absolute Gasteiger partial charge is 0.318 e. The lowest BCUT2D eigenvalue weighted by Gasteiger charge is -2.38. The van der Waals surface area contributed by atoms with E-state index < -0.39 is 0 Å². The Morgan fingerprint density at radius 3 is 3.00 bits per heavy atom. The number of alkyl halides is 1. The zero-order chi connectivity index (χ0) is 11.6. The summed E-state index contributed by atoms with van der Waals surface area (Å²) in [6.45, 7) is 3.79. The van der Waals surface area contributed by atoms with E-state index in [0.717, 1.165) is 25.9 Å². The molecule has 0 saturated carbocycles. The standard InChI is InChI=1S/C10H16ClN3O2/c1-10(15-2)4-3-5-14(7-10)9-13-12-8(6-11)16-9/h3-7H2,1-2H3. The summed E-state index contributed by atoms with van der Waals surface area (Å²) in [6, 6.07) is 0.540. The van der Waals surface area contributed by atoms with E-state index >= 15 is 0 Å². The Bertz CT molecular complexity index is 358. The van der Waals surface area contributed by atoms with Crippen LogP contribution in [0.5, 0.6) is 0 Å². The van der Waals surface area contributed by atoms with E-state index in [9.17, 15) is 0 Å². The van der Waals surface area contributed by atoms with Crippen molar-refractivity contribution in [1.29, 1.82) is 0 Å². The number of anilines is 1. The zero-order valence-electron chi connectivity index (χ0n) is 9.57. The number of ether oxygens (including phenoxy) is 1. The first kappa shape index (κ1) is 11.7. The second-order valence-corrected chi connectivity index (χ2v) is 4.56. The third kappa shape index (κ3) is 2.30. The zero-order valence-corrected chi connectivity index (χ0v) is 10.3. The summed E-state index contributed by atoms with van der Waals surface area (Å²) in [5, 5.41) is 7.83. The van der Waals surface area contributed by atoms with Gasteiger partial charge in [0.25, 0.3) is 0 Å². The largest absolute Gasteiger partial charge is 0.407 e. The molecule has 16 heavy (non-hydrogen) atoms. The van der Waals surface area contributed by atoms with Gasteiger partial charge in [-0.05, 0) is 19.8 Å². The number of aromatic nitrogens is 2. The van der Waals surface area contributed by atoms with Crippen molar-refractivity contribution in [2.45, 2.75) is 31.2 Å². The predicted octanol–water partition coefficient (Wildman–Crippen LogP) is 1.81. The van der Waals surface area contributed by atoms with Crippen molar-refractivity contribution >= 4 is 17.6 Å². The van der Waals surface area contributed by atoms with E-state index in [0.29, 0.717) is 11.9 Å². The number of methoxy groups -OCH3 is 1. The highest BCUT2D eigenvalue weighted by Crippen LogP contribution is 2.27. The molecular weight excluding hydrogens is 230 g/mol. The lowest BCUT2D eigenvalue weighted by molar-refractivity contribution is -0.00567. The fraction of sp³-hybridized carbons (Fsp3) is 0.800. The highest BCUT2D eigenvalue weighted by atomic mass is 35.5. The van der Waals surface area contributed by atoms with Gasteiger partial charge in [-0.3, -0.25) is 0 Å². The monoisotopic (exact) mass is 245 g/mol. The Balaban J connectivity index is 2.09. The SMILES string of the molecule is COC1(C)CCCN(c2nnc(CCl)o2)C1. The number of hydrogen-bond acceptors (Lipinski definition) is 5. The maximum Gasteiger partial charge on any atom is 0.318 e. The van der Waals surface area contributed by atoms with Crippen LogP contribution in [0.4, 0.5) is 6.01 Å². The molecule has 0 aliphatic carbocycles. The van der Waals surface area contributed by atoms with Gasteiger partial charge in [-0.25, -0.2) is 0 Å². The van der Waals surface area contributed by atoms with Crippen LogP contribution in [0.3, 0.4) is 0 Å². The first-order valence-electron chi connectivity index (χ1n) is 5.35. The fourth-order valence-electron chi connectivity index (χ4n) is 1.96. The summed E-state index contributed by atoms with van der Waals surface area (Å²) < 4.78 is 10.9. The van der Waals surface area contributed by atoms with Gasteiger partial charge in [0, 0.05) is 13.7 Å². The molecule has 2 heterocycles. The predicted molar refractivity (Wildman–Crippen MR) is 60.7 cm³/mol. The van der Waals surface area contributed by atoms with Gasteiger partial charge in [0.05, 0.1) is 12.1 Å². The van der Waals surface area contributed by atoms with E-state index in [1.807, 2.05) is 0 Å². The molecule has 0 aromatic carbocycles. The summed E-state index contributed by atoms with van der Waals surface area (Å²) in [6.07, 6.45) is 2.11. The topological polar surface area (TPSA) is 51.4 Å². The number of piperidine rings is 1. The average molecular weight is 246 g/mol. The Morgan fingerprint density at radius 1 is 1.56 bits per heavy atom. The van der Waals surface area contributed by atoms with Crippen molar-refractivity contribution in [3.8, 4) is 0 Å². The van der Waals surface area contributed by atoms with Gasteiger partial charge in [-0.15, -0.1) is 16.7 Å². The van der Waals surface area contributed by atoms with Crippen molar-refractivity contribution < 1.29 is 9.15 Å². The maximum atomic E-state index is 5.62. The second-order valence-electron chi connectivity index (χ2n) is 4.29. The van der Waals surface area contributed by atoms with E-state index in [1.165, 1.54) is 0 Å². The summed E-state index contributed by atoms with van der Waals surface area (Å²) in [5.74, 6) is 0.712. The summed E-state index contributed by atoms with van der Waals surface area (Å²) in [4.78, 5) is 2.05. The first-order chi connectivity index (χ1) is 7.67.